The lowest BCUT2D eigenvalue weighted by Crippen LogP contribution is -1.55. The van der Waals surface area contributed by atoms with E-state index in [1.807, 2.05) is 0 Å². The molecule has 0 heterocycles. The quantitative estimate of drug-likeness (QED) is 0.474. The van der Waals surface area contributed by atoms with Gasteiger partial charge in [0, 0.05) is 0 Å². The molecule has 0 aliphatic heterocycles. The second kappa shape index (κ2) is 9.20. The molecule has 0 unspecified atom stereocenters. The summed E-state index contributed by atoms with van der Waals surface area (Å²) < 4.78 is 0. The van der Waals surface area contributed by atoms with Crippen LogP contribution >= 0.6 is 0 Å². The van der Waals surface area contributed by atoms with Crippen molar-refractivity contribution in [2.75, 3.05) is 0 Å². The van der Waals surface area contributed by atoms with Crippen LogP contribution in [0.1, 0.15) is 26.7 Å². The molecule has 0 aliphatic carbocycles. The van der Waals surface area contributed by atoms with Crippen LogP contribution < -0.4 is 0 Å². The molecule has 0 spiro atoms. The summed E-state index contributed by atoms with van der Waals surface area (Å²) in [4.78, 5) is 0. The minimum atomic E-state index is 0. The van der Waals surface area contributed by atoms with Gasteiger partial charge in [-0.25, -0.2) is 0 Å². The van der Waals surface area contributed by atoms with Crippen LogP contribution in [-0.2, 0) is 0 Å². The van der Waals surface area contributed by atoms with E-state index >= 15 is 0 Å². The first-order chi connectivity index (χ1) is 2.91. The first-order valence-electron chi connectivity index (χ1n) is 2.53. The Hall–Kier alpha value is -0.300. The van der Waals surface area contributed by atoms with Gasteiger partial charge in [0.2, 0.25) is 0 Å². The predicted octanol–water partition coefficient (Wildman–Crippen LogP) is 1.54. The molecule has 0 atom stereocenters. The molecular weight excluding hydrogens is 88.1 g/mol. The second-order valence-corrected chi connectivity index (χ2v) is 1.36. The molecule has 1 heteroatoms. The Balaban J connectivity index is 0. The summed E-state index contributed by atoms with van der Waals surface area (Å²) in [6, 6.07) is 0. The van der Waals surface area contributed by atoms with Crippen molar-refractivity contribution in [3.8, 4) is 0 Å². The fourth-order valence-electron chi connectivity index (χ4n) is 0.333. The van der Waals surface area contributed by atoms with Crippen molar-refractivity contribution in [3.63, 3.8) is 0 Å². The van der Waals surface area contributed by atoms with E-state index in [2.05, 4.69) is 26.0 Å². The molecule has 0 radical (unpaired) electrons. The Morgan fingerprint density at radius 2 is 2.00 bits per heavy atom. The van der Waals surface area contributed by atoms with E-state index < -0.39 is 0 Å². The van der Waals surface area contributed by atoms with E-state index in [0.29, 0.717) is 0 Å². The number of rotatable bonds is 2. The molecule has 1 nitrogen and oxygen atoms in total. The van der Waals surface area contributed by atoms with Crippen LogP contribution in [-0.4, -0.2) is 5.48 Å². The topological polar surface area (TPSA) is 31.5 Å². The molecule has 0 fully saturated rings. The standard InChI is InChI=1S/C6H12.H2O/c1-3-5-6-4-2;/h3,5H,4,6H2,1-2H3;1H2. The van der Waals surface area contributed by atoms with E-state index in [0.717, 1.165) is 0 Å². The van der Waals surface area contributed by atoms with Crippen LogP contribution in [0.5, 0.6) is 0 Å². The number of hydrogen-bond acceptors (Lipinski definition) is 0. The molecule has 2 N–H and O–H groups in total. The van der Waals surface area contributed by atoms with Crippen LogP contribution in [0.2, 0.25) is 0 Å². The van der Waals surface area contributed by atoms with Gasteiger partial charge in [-0.3, -0.25) is 0 Å². The zero-order chi connectivity index (χ0) is 4.83. The Labute approximate surface area is 45.4 Å². The van der Waals surface area contributed by atoms with E-state index in [1.54, 1.807) is 0 Å². The zero-order valence-corrected chi connectivity index (χ0v) is 5.07. The maximum absolute atomic E-state index is 2.18. The lowest BCUT2D eigenvalue weighted by molar-refractivity contribution is 0.824. The van der Waals surface area contributed by atoms with Gasteiger partial charge in [0.1, 0.15) is 0 Å². The predicted molar refractivity (Wildman–Crippen MR) is 33.3 cm³/mol. The zero-order valence-electron chi connectivity index (χ0n) is 5.07. The van der Waals surface area contributed by atoms with Gasteiger partial charge in [0.05, 0.1) is 0 Å². The van der Waals surface area contributed by atoms with Gasteiger partial charge in [-0.1, -0.05) is 25.5 Å². The summed E-state index contributed by atoms with van der Waals surface area (Å²) in [5.74, 6) is 0. The molecule has 0 aromatic carbocycles. The van der Waals surface area contributed by atoms with Crippen LogP contribution in [0, 0.1) is 0 Å². The number of allylic oxidation sites excluding steroid dienone is 2. The van der Waals surface area contributed by atoms with Crippen LogP contribution in [0.4, 0.5) is 0 Å². The highest BCUT2D eigenvalue weighted by atomic mass is 16.0. The largest absolute Gasteiger partial charge is 0.412 e. The highest BCUT2D eigenvalue weighted by Crippen LogP contribution is 1.85. The van der Waals surface area contributed by atoms with Crippen molar-refractivity contribution in [2.45, 2.75) is 26.7 Å². The average Bonchev–Trinajstić information content (AvgIpc) is 1.61. The normalized spacial score (nSPS) is 8.86. The summed E-state index contributed by atoms with van der Waals surface area (Å²) in [7, 11) is 0. The van der Waals surface area contributed by atoms with Crippen molar-refractivity contribution < 1.29 is 5.48 Å². The third-order valence-corrected chi connectivity index (χ3v) is 0.691. The Bertz CT molecular complexity index is 39.4. The summed E-state index contributed by atoms with van der Waals surface area (Å²) >= 11 is 0. The monoisotopic (exact) mass is 102 g/mol. The lowest BCUT2D eigenvalue weighted by Gasteiger charge is -1.76. The van der Waals surface area contributed by atoms with Gasteiger partial charge in [-0.2, -0.15) is 0 Å². The van der Waals surface area contributed by atoms with Crippen LogP contribution in [0.3, 0.4) is 0 Å². The third-order valence-electron chi connectivity index (χ3n) is 0.691. The summed E-state index contributed by atoms with van der Waals surface area (Å²) in [6.07, 6.45) is 6.77. The maximum Gasteiger partial charge on any atom is -0.0353 e. The smallest absolute Gasteiger partial charge is 0.0353 e. The van der Waals surface area contributed by atoms with E-state index in [1.165, 1.54) is 12.8 Å². The molecular formula is C6H14O. The molecule has 0 aliphatic rings. The average molecular weight is 102 g/mol. The van der Waals surface area contributed by atoms with Crippen LogP contribution in [0.25, 0.3) is 0 Å². The van der Waals surface area contributed by atoms with E-state index in [-0.39, 0.29) is 5.48 Å². The van der Waals surface area contributed by atoms with Crippen molar-refractivity contribution >= 4 is 0 Å². The second-order valence-electron chi connectivity index (χ2n) is 1.36. The summed E-state index contributed by atoms with van der Waals surface area (Å²) in [6.45, 7) is 4.23. The minimum Gasteiger partial charge on any atom is -0.412 e. The fourth-order valence-corrected chi connectivity index (χ4v) is 0.333. The summed E-state index contributed by atoms with van der Waals surface area (Å²) in [5, 5.41) is 0. The molecule has 0 saturated heterocycles. The van der Waals surface area contributed by atoms with Gasteiger partial charge in [-0.15, -0.1) is 0 Å². The van der Waals surface area contributed by atoms with E-state index in [4.69, 9.17) is 0 Å². The Morgan fingerprint density at radius 3 is 2.14 bits per heavy atom. The molecule has 0 aromatic heterocycles. The lowest BCUT2D eigenvalue weighted by atomic mass is 10.3. The molecule has 44 valence electrons. The number of unbranched alkanes of at least 4 members (excludes halogenated alkanes) is 1. The molecule has 0 saturated carbocycles. The van der Waals surface area contributed by atoms with Gasteiger partial charge in [-0.05, 0) is 13.3 Å². The van der Waals surface area contributed by atoms with Crippen molar-refractivity contribution in [3.05, 3.63) is 12.2 Å². The van der Waals surface area contributed by atoms with Crippen molar-refractivity contribution in [1.82, 2.24) is 0 Å². The maximum atomic E-state index is 2.18. The first-order valence-corrected chi connectivity index (χ1v) is 2.53. The van der Waals surface area contributed by atoms with Gasteiger partial charge < -0.3 is 5.48 Å². The molecule has 0 amide bonds. The minimum absolute atomic E-state index is 0. The molecule has 7 heavy (non-hydrogen) atoms. The van der Waals surface area contributed by atoms with Gasteiger partial charge in [0.15, 0.2) is 0 Å². The van der Waals surface area contributed by atoms with Gasteiger partial charge >= 0.3 is 0 Å². The van der Waals surface area contributed by atoms with Gasteiger partial charge in [0.25, 0.3) is 0 Å². The highest BCUT2D eigenvalue weighted by Gasteiger charge is 1.64. The number of hydrogen-bond donors (Lipinski definition) is 0. The molecule has 0 rings (SSSR count). The molecule has 0 bridgehead atoms. The summed E-state index contributed by atoms with van der Waals surface area (Å²) in [5.41, 5.74) is 0. The van der Waals surface area contributed by atoms with Crippen molar-refractivity contribution in [2.24, 2.45) is 0 Å². The first kappa shape index (κ1) is 9.85. The SMILES string of the molecule is CC=CCCC.O. The highest BCUT2D eigenvalue weighted by molar-refractivity contribution is 4.75. The third kappa shape index (κ3) is 10.7. The fraction of sp³-hybridized carbons (Fsp3) is 0.667. The molecule has 0 aromatic rings. The van der Waals surface area contributed by atoms with E-state index in [9.17, 15) is 0 Å². The van der Waals surface area contributed by atoms with Crippen LogP contribution in [0.15, 0.2) is 12.2 Å². The van der Waals surface area contributed by atoms with Crippen molar-refractivity contribution in [1.29, 1.82) is 0 Å². The Morgan fingerprint density at radius 1 is 1.43 bits per heavy atom. The Kier molecular flexibility index (Phi) is 12.9.